The molecular formula is C21H19N5O2. The van der Waals surface area contributed by atoms with Crippen LogP contribution in [-0.4, -0.2) is 25.4 Å². The lowest BCUT2D eigenvalue weighted by molar-refractivity contribution is 0.155. The topological polar surface area (TPSA) is 74.0 Å². The Balaban J connectivity index is 1.30. The van der Waals surface area contributed by atoms with E-state index in [1.54, 1.807) is 11.0 Å². The third-order valence-electron chi connectivity index (χ3n) is 5.17. The van der Waals surface area contributed by atoms with E-state index in [4.69, 9.17) is 4.74 Å². The Labute approximate surface area is 161 Å². The monoisotopic (exact) mass is 373 g/mol. The summed E-state index contributed by atoms with van der Waals surface area (Å²) in [6, 6.07) is 14.0. The van der Waals surface area contributed by atoms with Crippen molar-refractivity contribution in [2.75, 3.05) is 5.32 Å². The SMILES string of the molecule is Cn1nc2c(c1NC(=O)OCc1ccc3c(c1)ncn3C)Cc1ccccc1-2. The minimum absolute atomic E-state index is 0.179. The van der Waals surface area contributed by atoms with Gasteiger partial charge < -0.3 is 9.30 Å². The minimum atomic E-state index is -0.497. The third kappa shape index (κ3) is 2.63. The van der Waals surface area contributed by atoms with E-state index < -0.39 is 6.09 Å². The van der Waals surface area contributed by atoms with E-state index in [1.807, 2.05) is 49.0 Å². The fourth-order valence-corrected chi connectivity index (χ4v) is 3.76. The number of aromatic nitrogens is 4. The predicted molar refractivity (Wildman–Crippen MR) is 106 cm³/mol. The highest BCUT2D eigenvalue weighted by Gasteiger charge is 2.27. The Morgan fingerprint density at radius 2 is 2.07 bits per heavy atom. The number of hydrogen-bond donors (Lipinski definition) is 1. The van der Waals surface area contributed by atoms with E-state index in [9.17, 15) is 4.79 Å². The summed E-state index contributed by atoms with van der Waals surface area (Å²) in [6.07, 6.45) is 2.02. The molecule has 28 heavy (non-hydrogen) atoms. The Bertz CT molecular complexity index is 1220. The number of rotatable bonds is 3. The fraction of sp³-hybridized carbons (Fsp3) is 0.190. The number of nitrogens with zero attached hydrogens (tertiary/aromatic N) is 4. The Kier molecular flexibility index (Phi) is 3.68. The summed E-state index contributed by atoms with van der Waals surface area (Å²) in [4.78, 5) is 16.7. The zero-order valence-electron chi connectivity index (χ0n) is 15.6. The summed E-state index contributed by atoms with van der Waals surface area (Å²) in [5.74, 6) is 0.677. The first-order valence-electron chi connectivity index (χ1n) is 9.08. The van der Waals surface area contributed by atoms with Crippen LogP contribution in [-0.2, 0) is 31.9 Å². The molecule has 2 aromatic heterocycles. The number of imidazole rings is 1. The second-order valence-electron chi connectivity index (χ2n) is 7.01. The van der Waals surface area contributed by atoms with Crippen molar-refractivity contribution in [1.82, 2.24) is 19.3 Å². The molecule has 2 aromatic carbocycles. The van der Waals surface area contributed by atoms with Gasteiger partial charge in [0, 0.05) is 31.6 Å². The molecule has 0 radical (unpaired) electrons. The highest BCUT2D eigenvalue weighted by molar-refractivity contribution is 5.88. The largest absolute Gasteiger partial charge is 0.444 e. The van der Waals surface area contributed by atoms with Crippen molar-refractivity contribution in [3.63, 3.8) is 0 Å². The second-order valence-corrected chi connectivity index (χ2v) is 7.01. The van der Waals surface area contributed by atoms with Crippen molar-refractivity contribution in [2.45, 2.75) is 13.0 Å². The summed E-state index contributed by atoms with van der Waals surface area (Å²) in [5.41, 5.74) is 7.11. The standard InChI is InChI=1S/C21H19N5O2/c1-25-12-22-17-9-13(7-8-18(17)25)11-28-21(27)23-20-16-10-14-5-3-4-6-15(14)19(16)24-26(20)2/h3-9,12H,10-11H2,1-2H3,(H,23,27). The average molecular weight is 373 g/mol. The van der Waals surface area contributed by atoms with Crippen LogP contribution in [0.25, 0.3) is 22.3 Å². The molecule has 2 heterocycles. The summed E-state index contributed by atoms with van der Waals surface area (Å²) < 4.78 is 9.07. The van der Waals surface area contributed by atoms with Gasteiger partial charge in [-0.25, -0.2) is 9.78 Å². The fourth-order valence-electron chi connectivity index (χ4n) is 3.76. The molecule has 1 N–H and O–H groups in total. The van der Waals surface area contributed by atoms with Crippen LogP contribution in [0.2, 0.25) is 0 Å². The number of carbonyl (C=O) groups is 1. The van der Waals surface area contributed by atoms with Gasteiger partial charge in [-0.1, -0.05) is 30.3 Å². The minimum Gasteiger partial charge on any atom is -0.444 e. The Hall–Kier alpha value is -3.61. The molecule has 0 bridgehead atoms. The van der Waals surface area contributed by atoms with E-state index in [0.29, 0.717) is 5.82 Å². The van der Waals surface area contributed by atoms with Crippen molar-refractivity contribution >= 4 is 22.9 Å². The maximum atomic E-state index is 12.4. The van der Waals surface area contributed by atoms with Gasteiger partial charge in [-0.2, -0.15) is 5.10 Å². The van der Waals surface area contributed by atoms with Crippen LogP contribution in [0, 0.1) is 0 Å². The number of aryl methyl sites for hydroxylation is 2. The molecule has 140 valence electrons. The number of ether oxygens (including phenoxy) is 1. The molecule has 1 amide bonds. The number of nitrogens with one attached hydrogen (secondary N) is 1. The zero-order valence-corrected chi connectivity index (χ0v) is 15.6. The number of anilines is 1. The predicted octanol–water partition coefficient (Wildman–Crippen LogP) is 3.63. The van der Waals surface area contributed by atoms with Gasteiger partial charge in [0.05, 0.1) is 23.1 Å². The van der Waals surface area contributed by atoms with Gasteiger partial charge in [0.1, 0.15) is 12.4 Å². The number of fused-ring (bicyclic) bond motifs is 4. The first-order valence-corrected chi connectivity index (χ1v) is 9.08. The van der Waals surface area contributed by atoms with Crippen LogP contribution in [0.15, 0.2) is 48.8 Å². The van der Waals surface area contributed by atoms with E-state index in [-0.39, 0.29) is 6.61 Å². The average Bonchev–Trinajstić information content (AvgIpc) is 3.33. The van der Waals surface area contributed by atoms with E-state index in [0.717, 1.165) is 39.8 Å². The van der Waals surface area contributed by atoms with Gasteiger partial charge in [-0.05, 0) is 23.3 Å². The van der Waals surface area contributed by atoms with Crippen LogP contribution < -0.4 is 5.32 Å². The van der Waals surface area contributed by atoms with Gasteiger partial charge >= 0.3 is 6.09 Å². The molecule has 0 unspecified atom stereocenters. The summed E-state index contributed by atoms with van der Waals surface area (Å²) >= 11 is 0. The molecule has 0 atom stereocenters. The highest BCUT2D eigenvalue weighted by Crippen LogP contribution is 2.39. The van der Waals surface area contributed by atoms with E-state index in [2.05, 4.69) is 27.5 Å². The maximum Gasteiger partial charge on any atom is 0.413 e. The van der Waals surface area contributed by atoms with Crippen molar-refractivity contribution < 1.29 is 9.53 Å². The number of benzene rings is 2. The maximum absolute atomic E-state index is 12.4. The smallest absolute Gasteiger partial charge is 0.413 e. The van der Waals surface area contributed by atoms with Crippen LogP contribution in [0.1, 0.15) is 16.7 Å². The van der Waals surface area contributed by atoms with Crippen LogP contribution in [0.3, 0.4) is 0 Å². The highest BCUT2D eigenvalue weighted by atomic mass is 16.5. The summed E-state index contributed by atoms with van der Waals surface area (Å²) in [6.45, 7) is 0.179. The Morgan fingerprint density at radius 3 is 2.96 bits per heavy atom. The first-order chi connectivity index (χ1) is 13.6. The van der Waals surface area contributed by atoms with E-state index >= 15 is 0 Å². The Morgan fingerprint density at radius 1 is 1.21 bits per heavy atom. The quantitative estimate of drug-likeness (QED) is 0.524. The lowest BCUT2D eigenvalue weighted by Crippen LogP contribution is -2.17. The number of hydrogen-bond acceptors (Lipinski definition) is 4. The molecule has 0 saturated heterocycles. The lowest BCUT2D eigenvalue weighted by atomic mass is 10.1. The van der Waals surface area contributed by atoms with Gasteiger partial charge in [-0.15, -0.1) is 0 Å². The molecule has 1 aliphatic rings. The molecule has 1 aliphatic carbocycles. The molecule has 5 rings (SSSR count). The van der Waals surface area contributed by atoms with Crippen LogP contribution in [0.4, 0.5) is 10.6 Å². The van der Waals surface area contributed by atoms with Crippen molar-refractivity contribution in [3.05, 3.63) is 65.5 Å². The zero-order chi connectivity index (χ0) is 19.3. The normalized spacial score (nSPS) is 12.1. The van der Waals surface area contributed by atoms with Crippen molar-refractivity contribution in [1.29, 1.82) is 0 Å². The number of amides is 1. The number of carbonyl (C=O) groups excluding carboxylic acids is 1. The molecule has 0 saturated carbocycles. The summed E-state index contributed by atoms with van der Waals surface area (Å²) in [7, 11) is 3.77. The van der Waals surface area contributed by atoms with Crippen molar-refractivity contribution in [3.8, 4) is 11.3 Å². The molecule has 7 heteroatoms. The molecular weight excluding hydrogens is 354 g/mol. The molecule has 0 fully saturated rings. The first kappa shape index (κ1) is 16.6. The van der Waals surface area contributed by atoms with Gasteiger partial charge in [0.2, 0.25) is 0 Å². The van der Waals surface area contributed by atoms with Gasteiger partial charge in [0.25, 0.3) is 0 Å². The van der Waals surface area contributed by atoms with Crippen molar-refractivity contribution in [2.24, 2.45) is 14.1 Å². The molecule has 7 nitrogen and oxygen atoms in total. The van der Waals surface area contributed by atoms with Crippen LogP contribution >= 0.6 is 0 Å². The molecule has 0 spiro atoms. The third-order valence-corrected chi connectivity index (χ3v) is 5.17. The van der Waals surface area contributed by atoms with E-state index in [1.165, 1.54) is 5.56 Å². The van der Waals surface area contributed by atoms with Gasteiger partial charge in [-0.3, -0.25) is 10.00 Å². The summed E-state index contributed by atoms with van der Waals surface area (Å²) in [5, 5.41) is 7.43. The second kappa shape index (κ2) is 6.23. The van der Waals surface area contributed by atoms with Gasteiger partial charge in [0.15, 0.2) is 0 Å². The molecule has 4 aromatic rings. The molecule has 0 aliphatic heterocycles. The lowest BCUT2D eigenvalue weighted by Gasteiger charge is -2.09. The van der Waals surface area contributed by atoms with Crippen LogP contribution in [0.5, 0.6) is 0 Å².